The van der Waals surface area contributed by atoms with Crippen molar-refractivity contribution in [1.82, 2.24) is 10.6 Å². The molecule has 2 atom stereocenters. The molecule has 2 unspecified atom stereocenters. The third-order valence-corrected chi connectivity index (χ3v) is 3.41. The summed E-state index contributed by atoms with van der Waals surface area (Å²) in [5, 5.41) is 14.7. The van der Waals surface area contributed by atoms with Gasteiger partial charge in [0.2, 0.25) is 11.8 Å². The lowest BCUT2D eigenvalue weighted by Crippen LogP contribution is -2.49. The maximum Gasteiger partial charge on any atom is 0.330 e. The number of benzene rings is 1. The van der Waals surface area contributed by atoms with E-state index < -0.39 is 29.4 Å². The van der Waals surface area contributed by atoms with E-state index in [-0.39, 0.29) is 5.91 Å². The summed E-state index contributed by atoms with van der Waals surface area (Å²) in [6.07, 6.45) is 0. The molecule has 0 aliphatic heterocycles. The van der Waals surface area contributed by atoms with Gasteiger partial charge in [-0.05, 0) is 24.6 Å². The molecule has 0 saturated heterocycles. The topological polar surface area (TPSA) is 95.5 Å². The summed E-state index contributed by atoms with van der Waals surface area (Å²) in [6.45, 7) is 6.67. The van der Waals surface area contributed by atoms with Gasteiger partial charge < -0.3 is 15.7 Å². The standard InChI is InChI=1S/C16H21ClN2O4/c1-9(18-15(23)16(2,3)4)13(20)19-12(14(21)22)10-5-7-11(17)8-6-10/h5-9,12H,1-4H3,(H,18,23)(H,19,20)(H,21,22). The summed E-state index contributed by atoms with van der Waals surface area (Å²) in [5.41, 5.74) is -0.249. The van der Waals surface area contributed by atoms with Crippen LogP contribution < -0.4 is 10.6 Å². The fourth-order valence-electron chi connectivity index (χ4n) is 1.69. The summed E-state index contributed by atoms with van der Waals surface area (Å²) >= 11 is 5.77. The van der Waals surface area contributed by atoms with E-state index in [4.69, 9.17) is 11.6 Å². The normalized spacial score (nSPS) is 13.8. The molecule has 2 amide bonds. The molecule has 0 aromatic heterocycles. The highest BCUT2D eigenvalue weighted by Gasteiger charge is 2.28. The van der Waals surface area contributed by atoms with Crippen LogP contribution in [-0.2, 0) is 14.4 Å². The summed E-state index contributed by atoms with van der Waals surface area (Å²) in [6, 6.07) is 4.08. The zero-order chi connectivity index (χ0) is 17.8. The van der Waals surface area contributed by atoms with Crippen molar-refractivity contribution >= 4 is 29.4 Å². The van der Waals surface area contributed by atoms with Gasteiger partial charge in [-0.1, -0.05) is 44.5 Å². The van der Waals surface area contributed by atoms with Crippen LogP contribution in [0.15, 0.2) is 24.3 Å². The molecule has 0 fully saturated rings. The molecule has 7 heteroatoms. The molecule has 0 bridgehead atoms. The fourth-order valence-corrected chi connectivity index (χ4v) is 1.81. The van der Waals surface area contributed by atoms with Crippen LogP contribution in [0.3, 0.4) is 0 Å². The number of halogens is 1. The van der Waals surface area contributed by atoms with E-state index in [1.54, 1.807) is 32.9 Å². The van der Waals surface area contributed by atoms with Crippen LogP contribution in [0.5, 0.6) is 0 Å². The van der Waals surface area contributed by atoms with E-state index in [2.05, 4.69) is 10.6 Å². The Labute approximate surface area is 140 Å². The molecule has 0 saturated carbocycles. The van der Waals surface area contributed by atoms with E-state index in [1.165, 1.54) is 19.1 Å². The first kappa shape index (κ1) is 19.0. The molecule has 1 aromatic rings. The Kier molecular flexibility index (Phi) is 6.15. The van der Waals surface area contributed by atoms with E-state index in [0.717, 1.165) is 0 Å². The zero-order valence-electron chi connectivity index (χ0n) is 13.5. The van der Waals surface area contributed by atoms with Gasteiger partial charge in [-0.25, -0.2) is 4.79 Å². The van der Waals surface area contributed by atoms with Gasteiger partial charge >= 0.3 is 5.97 Å². The maximum atomic E-state index is 12.1. The third kappa shape index (κ3) is 5.56. The van der Waals surface area contributed by atoms with Gasteiger partial charge in [0.1, 0.15) is 6.04 Å². The van der Waals surface area contributed by atoms with Crippen LogP contribution in [0.1, 0.15) is 39.3 Å². The SMILES string of the molecule is CC(NC(=O)C(C)(C)C)C(=O)NC(C(=O)O)c1ccc(Cl)cc1. The number of carbonyl (C=O) groups excluding carboxylic acids is 2. The molecule has 6 nitrogen and oxygen atoms in total. The van der Waals surface area contributed by atoms with Gasteiger partial charge in [0.25, 0.3) is 0 Å². The van der Waals surface area contributed by atoms with E-state index >= 15 is 0 Å². The van der Waals surface area contributed by atoms with Gasteiger partial charge in [-0.3, -0.25) is 9.59 Å². The van der Waals surface area contributed by atoms with Crippen molar-refractivity contribution < 1.29 is 19.5 Å². The summed E-state index contributed by atoms with van der Waals surface area (Å²) < 4.78 is 0. The Balaban J connectivity index is 2.80. The Morgan fingerprint density at radius 3 is 2.04 bits per heavy atom. The molecule has 23 heavy (non-hydrogen) atoms. The van der Waals surface area contributed by atoms with Gasteiger partial charge in [0.15, 0.2) is 6.04 Å². The lowest BCUT2D eigenvalue weighted by molar-refractivity contribution is -0.142. The van der Waals surface area contributed by atoms with Gasteiger partial charge in [0.05, 0.1) is 0 Å². The Hall–Kier alpha value is -2.08. The molecule has 1 aromatic carbocycles. The first-order valence-electron chi connectivity index (χ1n) is 7.12. The second-order valence-corrected chi connectivity index (χ2v) is 6.71. The number of carboxylic acids is 1. The average molecular weight is 341 g/mol. The van der Waals surface area contributed by atoms with Gasteiger partial charge in [-0.15, -0.1) is 0 Å². The quantitative estimate of drug-likeness (QED) is 0.765. The Morgan fingerprint density at radius 2 is 1.61 bits per heavy atom. The van der Waals surface area contributed by atoms with E-state index in [1.807, 2.05) is 0 Å². The number of rotatable bonds is 5. The van der Waals surface area contributed by atoms with E-state index in [0.29, 0.717) is 10.6 Å². The van der Waals surface area contributed by atoms with Crippen LogP contribution in [-0.4, -0.2) is 28.9 Å². The largest absolute Gasteiger partial charge is 0.479 e. The predicted octanol–water partition coefficient (Wildman–Crippen LogP) is 2.13. The first-order valence-corrected chi connectivity index (χ1v) is 7.50. The van der Waals surface area contributed by atoms with Crippen LogP contribution in [0, 0.1) is 5.41 Å². The summed E-state index contributed by atoms with van der Waals surface area (Å²) in [5.74, 6) is -2.07. The van der Waals surface area contributed by atoms with Crippen LogP contribution in [0.4, 0.5) is 0 Å². The molecule has 0 aliphatic carbocycles. The van der Waals surface area contributed by atoms with Crippen LogP contribution in [0.2, 0.25) is 5.02 Å². The van der Waals surface area contributed by atoms with Gasteiger partial charge in [0, 0.05) is 10.4 Å². The molecule has 0 aliphatic rings. The minimum atomic E-state index is -1.21. The highest BCUT2D eigenvalue weighted by atomic mass is 35.5. The highest BCUT2D eigenvalue weighted by Crippen LogP contribution is 2.17. The van der Waals surface area contributed by atoms with Crippen molar-refractivity contribution in [3.05, 3.63) is 34.9 Å². The number of carboxylic acid groups (broad SMARTS) is 1. The number of amides is 2. The second-order valence-electron chi connectivity index (χ2n) is 6.28. The van der Waals surface area contributed by atoms with Crippen molar-refractivity contribution in [3.8, 4) is 0 Å². The maximum absolute atomic E-state index is 12.1. The summed E-state index contributed by atoms with van der Waals surface area (Å²) in [7, 11) is 0. The minimum Gasteiger partial charge on any atom is -0.479 e. The van der Waals surface area contributed by atoms with Crippen molar-refractivity contribution in [3.63, 3.8) is 0 Å². The highest BCUT2D eigenvalue weighted by molar-refractivity contribution is 6.30. The predicted molar refractivity (Wildman–Crippen MR) is 87.0 cm³/mol. The number of carbonyl (C=O) groups is 3. The molecule has 1 rings (SSSR count). The number of nitrogens with one attached hydrogen (secondary N) is 2. The van der Waals surface area contributed by atoms with Gasteiger partial charge in [-0.2, -0.15) is 0 Å². The fraction of sp³-hybridized carbons (Fsp3) is 0.438. The van der Waals surface area contributed by atoms with Crippen molar-refractivity contribution in [2.75, 3.05) is 0 Å². The van der Waals surface area contributed by atoms with Crippen LogP contribution in [0.25, 0.3) is 0 Å². The van der Waals surface area contributed by atoms with Crippen LogP contribution >= 0.6 is 11.6 Å². The molecular formula is C16H21ClN2O4. The van der Waals surface area contributed by atoms with Crippen molar-refractivity contribution in [2.45, 2.75) is 39.8 Å². The summed E-state index contributed by atoms with van der Waals surface area (Å²) in [4.78, 5) is 35.4. The molecule has 0 radical (unpaired) electrons. The second kappa shape index (κ2) is 7.46. The lowest BCUT2D eigenvalue weighted by atomic mass is 9.95. The minimum absolute atomic E-state index is 0.293. The van der Waals surface area contributed by atoms with Crippen molar-refractivity contribution in [1.29, 1.82) is 0 Å². The Bertz CT molecular complexity index is 593. The van der Waals surface area contributed by atoms with Crippen molar-refractivity contribution in [2.24, 2.45) is 5.41 Å². The lowest BCUT2D eigenvalue weighted by Gasteiger charge is -2.23. The molecule has 3 N–H and O–H groups in total. The Morgan fingerprint density at radius 1 is 1.09 bits per heavy atom. The number of hydrogen-bond donors (Lipinski definition) is 3. The number of hydrogen-bond acceptors (Lipinski definition) is 3. The molecule has 126 valence electrons. The molecule has 0 spiro atoms. The molecular weight excluding hydrogens is 320 g/mol. The monoisotopic (exact) mass is 340 g/mol. The zero-order valence-corrected chi connectivity index (χ0v) is 14.3. The molecule has 0 heterocycles. The average Bonchev–Trinajstić information content (AvgIpc) is 2.44. The first-order chi connectivity index (χ1) is 10.5. The smallest absolute Gasteiger partial charge is 0.330 e. The van der Waals surface area contributed by atoms with E-state index in [9.17, 15) is 19.5 Å². The number of aliphatic carboxylic acids is 1. The third-order valence-electron chi connectivity index (χ3n) is 3.16.